The second-order valence-corrected chi connectivity index (χ2v) is 12.4. The van der Waals surface area contributed by atoms with Crippen LogP contribution in [-0.4, -0.2) is 18.4 Å². The predicted octanol–water partition coefficient (Wildman–Crippen LogP) is 12.9. The van der Waals surface area contributed by atoms with Crippen molar-refractivity contribution in [3.63, 3.8) is 0 Å². The fraction of sp³-hybridized carbons (Fsp3) is 0.463. The Morgan fingerprint density at radius 1 is 0.568 bits per heavy atom. The van der Waals surface area contributed by atoms with E-state index in [4.69, 9.17) is 4.74 Å². The van der Waals surface area contributed by atoms with Crippen molar-refractivity contribution in [2.45, 2.75) is 116 Å². The molecule has 0 saturated carbocycles. The first kappa shape index (κ1) is 33.8. The molecular formula is C41H52F2O. The van der Waals surface area contributed by atoms with Crippen LogP contribution in [-0.2, 0) is 4.74 Å². The Labute approximate surface area is 265 Å². The largest absolute Gasteiger partial charge is 0.367 e. The molecule has 3 aromatic rings. The first-order chi connectivity index (χ1) is 21.6. The Morgan fingerprint density at radius 3 is 1.57 bits per heavy atom. The molecule has 44 heavy (non-hydrogen) atoms. The van der Waals surface area contributed by atoms with Gasteiger partial charge in [0.25, 0.3) is 0 Å². The minimum Gasteiger partial charge on any atom is -0.367 e. The number of halogens is 2. The number of rotatable bonds is 19. The summed E-state index contributed by atoms with van der Waals surface area (Å²) in [7, 11) is 0. The van der Waals surface area contributed by atoms with Crippen molar-refractivity contribution in [3.8, 4) is 22.3 Å². The second kappa shape index (κ2) is 18.1. The van der Waals surface area contributed by atoms with Gasteiger partial charge in [-0.05, 0) is 46.7 Å². The first-order valence-corrected chi connectivity index (χ1v) is 17.2. The highest BCUT2D eigenvalue weighted by Crippen LogP contribution is 2.41. The van der Waals surface area contributed by atoms with E-state index in [0.29, 0.717) is 24.2 Å². The minimum atomic E-state index is -1.80. The molecule has 0 N–H and O–H groups in total. The lowest BCUT2D eigenvalue weighted by Crippen LogP contribution is -2.43. The quantitative estimate of drug-likeness (QED) is 0.125. The Bertz CT molecular complexity index is 1290. The zero-order chi connectivity index (χ0) is 31.0. The Morgan fingerprint density at radius 2 is 1.02 bits per heavy atom. The van der Waals surface area contributed by atoms with Crippen LogP contribution in [0.2, 0.25) is 0 Å². The zero-order valence-corrected chi connectivity index (χ0v) is 27.0. The van der Waals surface area contributed by atoms with E-state index >= 15 is 8.78 Å². The minimum absolute atomic E-state index is 0.321. The monoisotopic (exact) mass is 598 g/mol. The Balaban J connectivity index is 1.41. The molecule has 0 aliphatic heterocycles. The molecule has 2 atom stereocenters. The summed E-state index contributed by atoms with van der Waals surface area (Å²) in [6, 6.07) is 26.5. The molecule has 4 rings (SSSR count). The van der Waals surface area contributed by atoms with E-state index in [1.54, 1.807) is 6.08 Å². The van der Waals surface area contributed by atoms with Crippen molar-refractivity contribution in [2.75, 3.05) is 6.61 Å². The highest BCUT2D eigenvalue weighted by molar-refractivity contribution is 5.80. The molecule has 0 amide bonds. The summed E-state index contributed by atoms with van der Waals surface area (Å²) in [5, 5.41) is 0. The molecule has 1 aliphatic carbocycles. The molecule has 1 nitrogen and oxygen atoms in total. The molecule has 0 radical (unpaired) electrons. The highest BCUT2D eigenvalue weighted by Gasteiger charge is 2.44. The molecule has 0 heterocycles. The van der Waals surface area contributed by atoms with Gasteiger partial charge in [-0.3, -0.25) is 0 Å². The smallest absolute Gasteiger partial charge is 0.184 e. The van der Waals surface area contributed by atoms with Gasteiger partial charge < -0.3 is 4.74 Å². The van der Waals surface area contributed by atoms with Gasteiger partial charge in [0.2, 0.25) is 0 Å². The molecule has 1 aliphatic rings. The fourth-order valence-corrected chi connectivity index (χ4v) is 6.21. The summed E-state index contributed by atoms with van der Waals surface area (Å²) < 4.78 is 38.2. The van der Waals surface area contributed by atoms with Crippen LogP contribution in [0.1, 0.15) is 109 Å². The summed E-state index contributed by atoms with van der Waals surface area (Å²) in [5.41, 5.74) is 4.26. The van der Waals surface area contributed by atoms with Gasteiger partial charge in [-0.1, -0.05) is 176 Å². The van der Waals surface area contributed by atoms with Gasteiger partial charge >= 0.3 is 0 Å². The van der Waals surface area contributed by atoms with Crippen molar-refractivity contribution in [3.05, 3.63) is 102 Å². The number of allylic oxidation sites excluding steroid dienone is 2. The van der Waals surface area contributed by atoms with Crippen LogP contribution >= 0.6 is 0 Å². The number of alkyl halides is 1. The summed E-state index contributed by atoms with van der Waals surface area (Å²) in [4.78, 5) is 0. The van der Waals surface area contributed by atoms with E-state index < -0.39 is 17.6 Å². The second-order valence-electron chi connectivity index (χ2n) is 12.4. The molecule has 0 spiro atoms. The van der Waals surface area contributed by atoms with Crippen LogP contribution < -0.4 is 0 Å². The van der Waals surface area contributed by atoms with Gasteiger partial charge in [0.1, 0.15) is 11.4 Å². The van der Waals surface area contributed by atoms with Crippen LogP contribution in [0.5, 0.6) is 0 Å². The standard InChI is InChI=1S/C41H52F2O/c1-3-5-7-9-11-13-18-32-44-41(30-17-12-10-8-6-4-2)31-29-38(39(42)40(41)43)37-27-25-36(26-28-37)35-23-21-34(22-24-35)33-19-15-14-16-20-33/h14-16,19-29,31,40H,3-13,17-18,30,32H2,1-2H3. The lowest BCUT2D eigenvalue weighted by molar-refractivity contribution is -0.0652. The van der Waals surface area contributed by atoms with Gasteiger partial charge in [0.15, 0.2) is 6.17 Å². The molecule has 3 aromatic carbocycles. The van der Waals surface area contributed by atoms with Crippen LogP contribution in [0.15, 0.2) is 96.8 Å². The summed E-state index contributed by atoms with van der Waals surface area (Å²) >= 11 is 0. The molecule has 0 fully saturated rings. The predicted molar refractivity (Wildman–Crippen MR) is 184 cm³/mol. The maximum absolute atomic E-state index is 16.1. The number of ether oxygens (including phenoxy) is 1. The molecule has 2 unspecified atom stereocenters. The number of hydrogen-bond acceptors (Lipinski definition) is 1. The number of benzene rings is 3. The van der Waals surface area contributed by atoms with Gasteiger partial charge in [-0.25, -0.2) is 8.78 Å². The van der Waals surface area contributed by atoms with Crippen molar-refractivity contribution in [1.29, 1.82) is 0 Å². The van der Waals surface area contributed by atoms with Crippen LogP contribution in [0, 0.1) is 0 Å². The molecular weight excluding hydrogens is 546 g/mol. The van der Waals surface area contributed by atoms with E-state index in [1.807, 2.05) is 48.5 Å². The molecule has 236 valence electrons. The third-order valence-corrected chi connectivity index (χ3v) is 9.00. The van der Waals surface area contributed by atoms with Gasteiger partial charge in [-0.2, -0.15) is 0 Å². The number of hydrogen-bond donors (Lipinski definition) is 0. The van der Waals surface area contributed by atoms with E-state index in [2.05, 4.69) is 50.2 Å². The maximum Gasteiger partial charge on any atom is 0.184 e. The normalized spacial score (nSPS) is 18.2. The van der Waals surface area contributed by atoms with Gasteiger partial charge in [-0.15, -0.1) is 0 Å². The Kier molecular flexibility index (Phi) is 13.9. The Hall–Kier alpha value is -3.04. The van der Waals surface area contributed by atoms with Gasteiger partial charge in [0.05, 0.1) is 0 Å². The average molecular weight is 599 g/mol. The first-order valence-electron chi connectivity index (χ1n) is 17.2. The molecule has 0 aromatic heterocycles. The maximum atomic E-state index is 16.1. The zero-order valence-electron chi connectivity index (χ0n) is 27.0. The fourth-order valence-electron chi connectivity index (χ4n) is 6.21. The average Bonchev–Trinajstić information content (AvgIpc) is 3.07. The third kappa shape index (κ3) is 9.48. The molecule has 3 heteroatoms. The summed E-state index contributed by atoms with van der Waals surface area (Å²) in [6.07, 6.45) is 17.1. The van der Waals surface area contributed by atoms with Crippen molar-refractivity contribution < 1.29 is 13.5 Å². The third-order valence-electron chi connectivity index (χ3n) is 9.00. The lowest BCUT2D eigenvalue weighted by atomic mass is 9.82. The number of unbranched alkanes of at least 4 members (excludes halogenated alkanes) is 11. The molecule has 0 bridgehead atoms. The topological polar surface area (TPSA) is 9.23 Å². The molecule has 0 saturated heterocycles. The van der Waals surface area contributed by atoms with E-state index in [9.17, 15) is 0 Å². The lowest BCUT2D eigenvalue weighted by Gasteiger charge is -2.36. The van der Waals surface area contributed by atoms with Crippen molar-refractivity contribution in [2.24, 2.45) is 0 Å². The van der Waals surface area contributed by atoms with Gasteiger partial charge in [0, 0.05) is 12.2 Å². The van der Waals surface area contributed by atoms with Crippen molar-refractivity contribution >= 4 is 5.57 Å². The van der Waals surface area contributed by atoms with Crippen LogP contribution in [0.3, 0.4) is 0 Å². The van der Waals surface area contributed by atoms with Crippen LogP contribution in [0.25, 0.3) is 27.8 Å². The summed E-state index contributed by atoms with van der Waals surface area (Å²) in [6.45, 7) is 4.90. The highest BCUT2D eigenvalue weighted by atomic mass is 19.2. The summed E-state index contributed by atoms with van der Waals surface area (Å²) in [5.74, 6) is -0.710. The van der Waals surface area contributed by atoms with E-state index in [1.165, 1.54) is 56.9 Å². The van der Waals surface area contributed by atoms with Crippen molar-refractivity contribution in [1.82, 2.24) is 0 Å². The SMILES string of the molecule is CCCCCCCCCOC1(CCCCCCCC)C=CC(c2ccc(-c3ccc(-c4ccccc4)cc3)cc2)=C(F)C1F. The van der Waals surface area contributed by atoms with E-state index in [-0.39, 0.29) is 0 Å². The van der Waals surface area contributed by atoms with E-state index in [0.717, 1.165) is 48.8 Å². The van der Waals surface area contributed by atoms with Crippen LogP contribution in [0.4, 0.5) is 8.78 Å².